The van der Waals surface area contributed by atoms with Crippen molar-refractivity contribution in [3.63, 3.8) is 0 Å². The van der Waals surface area contributed by atoms with E-state index in [2.05, 4.69) is 17.2 Å². The molecule has 0 aliphatic carbocycles. The number of piperazine rings is 1. The van der Waals surface area contributed by atoms with Gasteiger partial charge in [0.1, 0.15) is 9.88 Å². The molecule has 0 radical (unpaired) electrons. The summed E-state index contributed by atoms with van der Waals surface area (Å²) >= 11 is 1.47. The Kier molecular flexibility index (Phi) is 3.80. The van der Waals surface area contributed by atoms with Crippen molar-refractivity contribution in [3.05, 3.63) is 41.4 Å². The molecule has 1 N–H and O–H groups in total. The fourth-order valence-electron chi connectivity index (χ4n) is 2.37. The highest BCUT2D eigenvalue weighted by atomic mass is 32.1. The minimum absolute atomic E-state index is 0.0960. The number of benzene rings is 1. The van der Waals surface area contributed by atoms with Gasteiger partial charge in [0, 0.05) is 31.2 Å². The highest BCUT2D eigenvalue weighted by Gasteiger charge is 2.25. The highest BCUT2D eigenvalue weighted by Crippen LogP contribution is 2.26. The van der Waals surface area contributed by atoms with Gasteiger partial charge in [-0.25, -0.2) is 4.98 Å². The number of amides is 1. The summed E-state index contributed by atoms with van der Waals surface area (Å²) in [4.78, 5) is 19.6. The van der Waals surface area contributed by atoms with Crippen LogP contribution in [0.4, 0.5) is 0 Å². The van der Waals surface area contributed by atoms with Crippen LogP contribution in [0.2, 0.25) is 0 Å². The Morgan fingerprint density at radius 1 is 1.40 bits per heavy atom. The van der Waals surface area contributed by atoms with Gasteiger partial charge in [-0.15, -0.1) is 11.3 Å². The lowest BCUT2D eigenvalue weighted by atomic mass is 10.2. The molecule has 0 bridgehead atoms. The van der Waals surface area contributed by atoms with Crippen molar-refractivity contribution >= 4 is 17.2 Å². The third-order valence-corrected chi connectivity index (χ3v) is 4.53. The first-order valence-electron chi connectivity index (χ1n) is 6.78. The van der Waals surface area contributed by atoms with Gasteiger partial charge in [0.15, 0.2) is 0 Å². The molecule has 1 amide bonds. The van der Waals surface area contributed by atoms with E-state index in [1.807, 2.05) is 35.2 Å². The van der Waals surface area contributed by atoms with E-state index in [9.17, 15) is 4.79 Å². The van der Waals surface area contributed by atoms with E-state index in [1.54, 1.807) is 6.20 Å². The second-order valence-corrected chi connectivity index (χ2v) is 5.98. The summed E-state index contributed by atoms with van der Waals surface area (Å²) in [6.45, 7) is 4.55. The van der Waals surface area contributed by atoms with Gasteiger partial charge in [0.2, 0.25) is 0 Å². The fraction of sp³-hybridized carbons (Fsp3) is 0.333. The van der Waals surface area contributed by atoms with Gasteiger partial charge in [-0.05, 0) is 6.92 Å². The Morgan fingerprint density at radius 3 is 2.95 bits per heavy atom. The SMILES string of the molecule is C[C@H]1CNCCN1C(=O)c1cnc(-c2ccccc2)s1. The minimum atomic E-state index is 0.0960. The number of hydrogen-bond acceptors (Lipinski definition) is 4. The summed E-state index contributed by atoms with van der Waals surface area (Å²) in [6.07, 6.45) is 1.70. The van der Waals surface area contributed by atoms with Crippen molar-refractivity contribution in [1.29, 1.82) is 0 Å². The number of carbonyl (C=O) groups is 1. The Bertz CT molecular complexity index is 596. The van der Waals surface area contributed by atoms with Crippen molar-refractivity contribution in [3.8, 4) is 10.6 Å². The average molecular weight is 287 g/mol. The van der Waals surface area contributed by atoms with Crippen LogP contribution < -0.4 is 5.32 Å². The first-order valence-corrected chi connectivity index (χ1v) is 7.60. The van der Waals surface area contributed by atoms with Gasteiger partial charge >= 0.3 is 0 Å². The summed E-state index contributed by atoms with van der Waals surface area (Å²) in [5.74, 6) is 0.0960. The molecule has 2 aromatic rings. The smallest absolute Gasteiger partial charge is 0.265 e. The molecule has 1 saturated heterocycles. The molecular weight excluding hydrogens is 270 g/mol. The molecule has 0 saturated carbocycles. The molecule has 1 fully saturated rings. The average Bonchev–Trinajstić information content (AvgIpc) is 2.98. The number of rotatable bonds is 2. The number of nitrogens with zero attached hydrogens (tertiary/aromatic N) is 2. The standard InChI is InChI=1S/C15H17N3OS/c1-11-9-16-7-8-18(11)15(19)13-10-17-14(20-13)12-5-3-2-4-6-12/h2-6,10-11,16H,7-9H2,1H3/t11-/m0/s1. The summed E-state index contributed by atoms with van der Waals surface area (Å²) in [5, 5.41) is 4.20. The first-order chi connectivity index (χ1) is 9.75. The minimum Gasteiger partial charge on any atom is -0.333 e. The van der Waals surface area contributed by atoms with E-state index in [4.69, 9.17) is 0 Å². The number of thiazole rings is 1. The van der Waals surface area contributed by atoms with Crippen LogP contribution in [0.5, 0.6) is 0 Å². The Hall–Kier alpha value is -1.72. The summed E-state index contributed by atoms with van der Waals surface area (Å²) < 4.78 is 0. The van der Waals surface area contributed by atoms with Gasteiger partial charge in [-0.3, -0.25) is 4.79 Å². The topological polar surface area (TPSA) is 45.2 Å². The van der Waals surface area contributed by atoms with Gasteiger partial charge in [-0.1, -0.05) is 30.3 Å². The summed E-state index contributed by atoms with van der Waals surface area (Å²) in [6, 6.07) is 10.2. The maximum absolute atomic E-state index is 12.5. The molecule has 4 nitrogen and oxygen atoms in total. The van der Waals surface area contributed by atoms with E-state index < -0.39 is 0 Å². The molecule has 1 aliphatic heterocycles. The number of carbonyl (C=O) groups excluding carboxylic acids is 1. The van der Waals surface area contributed by atoms with Gasteiger partial charge in [0.25, 0.3) is 5.91 Å². The van der Waals surface area contributed by atoms with Crippen molar-refractivity contribution < 1.29 is 4.79 Å². The molecule has 0 unspecified atom stereocenters. The normalized spacial score (nSPS) is 19.1. The van der Waals surface area contributed by atoms with Gasteiger partial charge in [0.05, 0.1) is 6.20 Å². The van der Waals surface area contributed by atoms with Crippen molar-refractivity contribution in [2.75, 3.05) is 19.6 Å². The van der Waals surface area contributed by atoms with Crippen LogP contribution in [0, 0.1) is 0 Å². The van der Waals surface area contributed by atoms with Crippen LogP contribution >= 0.6 is 11.3 Å². The molecule has 20 heavy (non-hydrogen) atoms. The molecule has 1 aliphatic rings. The second-order valence-electron chi connectivity index (χ2n) is 4.95. The maximum Gasteiger partial charge on any atom is 0.265 e. The molecule has 5 heteroatoms. The van der Waals surface area contributed by atoms with Gasteiger partial charge in [-0.2, -0.15) is 0 Å². The predicted molar refractivity (Wildman–Crippen MR) is 80.9 cm³/mol. The molecule has 0 spiro atoms. The third-order valence-electron chi connectivity index (χ3n) is 3.50. The van der Waals surface area contributed by atoms with E-state index >= 15 is 0 Å². The molecule has 104 valence electrons. The lowest BCUT2D eigenvalue weighted by Gasteiger charge is -2.33. The van der Waals surface area contributed by atoms with Crippen LogP contribution in [0.3, 0.4) is 0 Å². The largest absolute Gasteiger partial charge is 0.333 e. The van der Waals surface area contributed by atoms with Gasteiger partial charge < -0.3 is 10.2 Å². The number of hydrogen-bond donors (Lipinski definition) is 1. The Morgan fingerprint density at radius 2 is 2.20 bits per heavy atom. The molecule has 1 atom stereocenters. The van der Waals surface area contributed by atoms with Crippen molar-refractivity contribution in [1.82, 2.24) is 15.2 Å². The fourth-order valence-corrected chi connectivity index (χ4v) is 3.25. The van der Waals surface area contributed by atoms with E-state index in [0.29, 0.717) is 0 Å². The molecule has 2 heterocycles. The van der Waals surface area contributed by atoms with Crippen LogP contribution in [-0.2, 0) is 0 Å². The Balaban J connectivity index is 1.81. The van der Waals surface area contributed by atoms with Crippen LogP contribution in [0.15, 0.2) is 36.5 Å². The summed E-state index contributed by atoms with van der Waals surface area (Å²) in [5.41, 5.74) is 1.06. The van der Waals surface area contributed by atoms with E-state index in [0.717, 1.165) is 35.1 Å². The Labute approximate surface area is 122 Å². The van der Waals surface area contributed by atoms with Crippen LogP contribution in [0.25, 0.3) is 10.6 Å². The van der Waals surface area contributed by atoms with Crippen molar-refractivity contribution in [2.45, 2.75) is 13.0 Å². The van der Waals surface area contributed by atoms with E-state index in [1.165, 1.54) is 11.3 Å². The molecule has 1 aromatic carbocycles. The quantitative estimate of drug-likeness (QED) is 0.921. The lowest BCUT2D eigenvalue weighted by Crippen LogP contribution is -2.52. The molecule has 1 aromatic heterocycles. The highest BCUT2D eigenvalue weighted by molar-refractivity contribution is 7.16. The second kappa shape index (κ2) is 5.73. The first kappa shape index (κ1) is 13.3. The predicted octanol–water partition coefficient (Wildman–Crippen LogP) is 2.24. The third kappa shape index (κ3) is 2.59. The number of aromatic nitrogens is 1. The zero-order valence-corrected chi connectivity index (χ0v) is 12.2. The van der Waals surface area contributed by atoms with Crippen LogP contribution in [0.1, 0.15) is 16.6 Å². The molecular formula is C15H17N3OS. The van der Waals surface area contributed by atoms with Crippen molar-refractivity contribution in [2.24, 2.45) is 0 Å². The monoisotopic (exact) mass is 287 g/mol. The lowest BCUT2D eigenvalue weighted by molar-refractivity contribution is 0.0660. The number of nitrogens with one attached hydrogen (secondary N) is 1. The molecule has 3 rings (SSSR count). The summed E-state index contributed by atoms with van der Waals surface area (Å²) in [7, 11) is 0. The maximum atomic E-state index is 12.5. The van der Waals surface area contributed by atoms with E-state index in [-0.39, 0.29) is 11.9 Å². The zero-order chi connectivity index (χ0) is 13.9. The van der Waals surface area contributed by atoms with Crippen LogP contribution in [-0.4, -0.2) is 41.5 Å². The zero-order valence-electron chi connectivity index (χ0n) is 11.4.